The van der Waals surface area contributed by atoms with Crippen molar-refractivity contribution in [3.05, 3.63) is 162 Å². The van der Waals surface area contributed by atoms with E-state index in [-0.39, 0.29) is 0 Å². The fourth-order valence-electron chi connectivity index (χ4n) is 7.84. The van der Waals surface area contributed by atoms with Gasteiger partial charge in [0.25, 0.3) is 0 Å². The molecule has 0 saturated carbocycles. The Morgan fingerprint density at radius 2 is 1.39 bits per heavy atom. The first-order chi connectivity index (χ1) is 21.8. The zero-order valence-corrected chi connectivity index (χ0v) is 24.6. The fourth-order valence-corrected chi connectivity index (χ4v) is 7.84. The number of pyridine rings is 1. The molecule has 1 atom stereocenters. The molecule has 44 heavy (non-hydrogen) atoms. The topological polar surface area (TPSA) is 28.7 Å². The number of para-hydroxylation sites is 1. The monoisotopic (exact) mass is 564 g/mol. The number of hydrogen-bond donors (Lipinski definition) is 1. The van der Waals surface area contributed by atoms with Gasteiger partial charge in [0.2, 0.25) is 0 Å². The standard InChI is InChI=1S/C31H24.C11H8N2/c1-3-8-24-20(6-1)12-15-31-28-11-5-10-26(30(28)17-16-29(24)31)22-13-14-27-23(19-22)18-21-7-2-4-9-25(21)27;1-2-4-10-8(3-1)9-5-6-12-7-11(9)13-10/h1-4,6-9,12-17,19,26H,5,10-11,18H2;1-7,13H. The molecule has 0 fully saturated rings. The Balaban J connectivity index is 0.000000173. The van der Waals surface area contributed by atoms with Gasteiger partial charge in [-0.25, -0.2) is 0 Å². The van der Waals surface area contributed by atoms with Crippen molar-refractivity contribution in [3.8, 4) is 11.1 Å². The maximum absolute atomic E-state index is 4.08. The maximum atomic E-state index is 4.08. The van der Waals surface area contributed by atoms with E-state index in [0.717, 1.165) is 11.9 Å². The molecule has 0 aliphatic heterocycles. The van der Waals surface area contributed by atoms with Crippen molar-refractivity contribution in [3.63, 3.8) is 0 Å². The molecule has 2 heterocycles. The van der Waals surface area contributed by atoms with Gasteiger partial charge in [0, 0.05) is 28.4 Å². The molecule has 0 saturated heterocycles. The lowest BCUT2D eigenvalue weighted by Crippen LogP contribution is -2.12. The second kappa shape index (κ2) is 10.2. The van der Waals surface area contributed by atoms with Gasteiger partial charge in [-0.1, -0.05) is 109 Å². The first kappa shape index (κ1) is 25.3. The van der Waals surface area contributed by atoms with E-state index >= 15 is 0 Å². The van der Waals surface area contributed by atoms with Crippen LogP contribution in [0.1, 0.15) is 46.6 Å². The number of nitrogens with zero attached hydrogens (tertiary/aromatic N) is 1. The highest BCUT2D eigenvalue weighted by Gasteiger charge is 2.26. The third-order valence-corrected chi connectivity index (χ3v) is 9.90. The molecule has 0 amide bonds. The van der Waals surface area contributed by atoms with Gasteiger partial charge in [-0.05, 0) is 98.3 Å². The molecule has 1 unspecified atom stereocenters. The summed E-state index contributed by atoms with van der Waals surface area (Å²) in [5.41, 5.74) is 12.7. The van der Waals surface area contributed by atoms with Crippen LogP contribution in [-0.2, 0) is 12.8 Å². The summed E-state index contributed by atoms with van der Waals surface area (Å²) in [6.45, 7) is 0. The van der Waals surface area contributed by atoms with Gasteiger partial charge in [-0.3, -0.25) is 4.98 Å². The number of fused-ring (bicyclic) bond motifs is 11. The molecule has 6 aromatic carbocycles. The van der Waals surface area contributed by atoms with Crippen LogP contribution in [0.25, 0.3) is 54.5 Å². The van der Waals surface area contributed by atoms with Crippen LogP contribution in [-0.4, -0.2) is 9.97 Å². The molecule has 2 nitrogen and oxygen atoms in total. The smallest absolute Gasteiger partial charge is 0.0651 e. The van der Waals surface area contributed by atoms with Crippen molar-refractivity contribution in [2.45, 2.75) is 31.6 Å². The molecule has 0 bridgehead atoms. The molecule has 2 heteroatoms. The van der Waals surface area contributed by atoms with Gasteiger partial charge in [-0.2, -0.15) is 0 Å². The predicted molar refractivity (Wildman–Crippen MR) is 185 cm³/mol. The summed E-state index contributed by atoms with van der Waals surface area (Å²) in [7, 11) is 0. The predicted octanol–water partition coefficient (Wildman–Crippen LogP) is 10.7. The highest BCUT2D eigenvalue weighted by atomic mass is 14.7. The minimum atomic E-state index is 0.508. The van der Waals surface area contributed by atoms with E-state index in [9.17, 15) is 0 Å². The zero-order valence-electron chi connectivity index (χ0n) is 24.6. The largest absolute Gasteiger partial charge is 0.353 e. The van der Waals surface area contributed by atoms with Crippen molar-refractivity contribution >= 4 is 43.4 Å². The van der Waals surface area contributed by atoms with E-state index in [0.29, 0.717) is 5.92 Å². The summed E-state index contributed by atoms with van der Waals surface area (Å²) < 4.78 is 0. The Hall–Kier alpha value is -5.21. The van der Waals surface area contributed by atoms with E-state index in [4.69, 9.17) is 0 Å². The Bertz CT molecular complexity index is 2310. The van der Waals surface area contributed by atoms with Crippen molar-refractivity contribution in [2.24, 2.45) is 0 Å². The molecule has 10 rings (SSSR count). The highest BCUT2D eigenvalue weighted by molar-refractivity contribution is 6.09. The summed E-state index contributed by atoms with van der Waals surface area (Å²) in [4.78, 5) is 7.39. The van der Waals surface area contributed by atoms with E-state index in [1.807, 2.05) is 24.5 Å². The summed E-state index contributed by atoms with van der Waals surface area (Å²) in [6, 6.07) is 44.7. The average molecular weight is 565 g/mol. The van der Waals surface area contributed by atoms with Gasteiger partial charge >= 0.3 is 0 Å². The normalized spacial score (nSPS) is 15.1. The van der Waals surface area contributed by atoms with Crippen molar-refractivity contribution in [1.82, 2.24) is 9.97 Å². The number of hydrogen-bond acceptors (Lipinski definition) is 1. The number of H-pyrrole nitrogens is 1. The van der Waals surface area contributed by atoms with Crippen molar-refractivity contribution in [1.29, 1.82) is 0 Å². The Morgan fingerprint density at radius 3 is 2.36 bits per heavy atom. The Kier molecular flexibility index (Phi) is 5.87. The number of aromatic nitrogens is 2. The van der Waals surface area contributed by atoms with Crippen LogP contribution in [0.4, 0.5) is 0 Å². The van der Waals surface area contributed by atoms with Crippen LogP contribution in [0.3, 0.4) is 0 Å². The first-order valence-corrected chi connectivity index (χ1v) is 15.8. The molecule has 8 aromatic rings. The van der Waals surface area contributed by atoms with Gasteiger partial charge in [0.05, 0.1) is 11.7 Å². The van der Waals surface area contributed by atoms with E-state index in [2.05, 4.69) is 119 Å². The molecule has 210 valence electrons. The van der Waals surface area contributed by atoms with Crippen LogP contribution >= 0.6 is 0 Å². The maximum Gasteiger partial charge on any atom is 0.0651 e. The number of benzene rings is 6. The number of aryl methyl sites for hydroxylation is 1. The zero-order chi connectivity index (χ0) is 29.0. The molecular formula is C42H32N2. The van der Waals surface area contributed by atoms with Gasteiger partial charge in [0.1, 0.15) is 0 Å². The SMILES string of the molecule is c1ccc2c(c1)Cc1cc(C3CCCc4c3ccc3c4ccc4ccccc43)ccc1-2.c1ccc2c(c1)[nH]c1cnccc12. The van der Waals surface area contributed by atoms with Crippen LogP contribution < -0.4 is 0 Å². The fraction of sp³-hybridized carbons (Fsp3) is 0.119. The Labute approximate surface area is 257 Å². The molecular weight excluding hydrogens is 532 g/mol. The third kappa shape index (κ3) is 4.06. The van der Waals surface area contributed by atoms with E-state index in [1.165, 1.54) is 84.9 Å². The van der Waals surface area contributed by atoms with Gasteiger partial charge < -0.3 is 4.98 Å². The first-order valence-electron chi connectivity index (χ1n) is 15.8. The second-order valence-corrected chi connectivity index (χ2v) is 12.3. The minimum absolute atomic E-state index is 0.508. The van der Waals surface area contributed by atoms with Gasteiger partial charge in [0.15, 0.2) is 0 Å². The van der Waals surface area contributed by atoms with Crippen LogP contribution in [0.2, 0.25) is 0 Å². The van der Waals surface area contributed by atoms with Crippen molar-refractivity contribution in [2.75, 3.05) is 0 Å². The van der Waals surface area contributed by atoms with E-state index < -0.39 is 0 Å². The quantitative estimate of drug-likeness (QED) is 0.197. The summed E-state index contributed by atoms with van der Waals surface area (Å²) in [5.74, 6) is 0.508. The van der Waals surface area contributed by atoms with Crippen molar-refractivity contribution < 1.29 is 0 Å². The minimum Gasteiger partial charge on any atom is -0.353 e. The average Bonchev–Trinajstić information content (AvgIpc) is 3.66. The molecule has 2 aliphatic carbocycles. The lowest BCUT2D eigenvalue weighted by atomic mass is 9.76. The summed E-state index contributed by atoms with van der Waals surface area (Å²) in [5, 5.41) is 8.07. The number of rotatable bonds is 1. The second-order valence-electron chi connectivity index (χ2n) is 12.3. The lowest BCUT2D eigenvalue weighted by Gasteiger charge is -2.28. The molecule has 1 N–H and O–H groups in total. The van der Waals surface area contributed by atoms with Crippen LogP contribution in [0.15, 0.2) is 134 Å². The molecule has 0 radical (unpaired) electrons. The van der Waals surface area contributed by atoms with Crippen LogP contribution in [0, 0.1) is 0 Å². The molecule has 2 aliphatic rings. The highest BCUT2D eigenvalue weighted by Crippen LogP contribution is 2.44. The molecule has 0 spiro atoms. The third-order valence-electron chi connectivity index (χ3n) is 9.90. The number of nitrogens with one attached hydrogen (secondary N) is 1. The van der Waals surface area contributed by atoms with E-state index in [1.54, 1.807) is 11.1 Å². The lowest BCUT2D eigenvalue weighted by molar-refractivity contribution is 0.619. The summed E-state index contributed by atoms with van der Waals surface area (Å²) >= 11 is 0. The summed E-state index contributed by atoms with van der Waals surface area (Å²) in [6.07, 6.45) is 8.46. The van der Waals surface area contributed by atoms with Gasteiger partial charge in [-0.15, -0.1) is 0 Å². The Morgan fingerprint density at radius 1 is 0.591 bits per heavy atom. The van der Waals surface area contributed by atoms with Crippen LogP contribution in [0.5, 0.6) is 0 Å². The number of aromatic amines is 1. The molecule has 2 aromatic heterocycles.